The van der Waals surface area contributed by atoms with Crippen LogP contribution >= 0.6 is 0 Å². The number of aromatic amines is 1. The van der Waals surface area contributed by atoms with E-state index in [1.54, 1.807) is 7.11 Å². The lowest BCUT2D eigenvalue weighted by atomic mass is 10.1. The van der Waals surface area contributed by atoms with Crippen LogP contribution in [0.25, 0.3) is 11.0 Å². The smallest absolute Gasteiger partial charge is 0.315 e. The van der Waals surface area contributed by atoms with E-state index in [0.29, 0.717) is 6.42 Å². The van der Waals surface area contributed by atoms with Gasteiger partial charge in [0.15, 0.2) is 0 Å². The highest BCUT2D eigenvalue weighted by Gasteiger charge is 2.20. The number of hydrogen-bond donors (Lipinski definition) is 3. The van der Waals surface area contributed by atoms with E-state index < -0.39 is 0 Å². The average Bonchev–Trinajstić information content (AvgIpc) is 3.16. The predicted octanol–water partition coefficient (Wildman–Crippen LogP) is 4.34. The maximum atomic E-state index is 12.6. The van der Waals surface area contributed by atoms with Crippen molar-refractivity contribution >= 4 is 17.1 Å². The number of amides is 2. The summed E-state index contributed by atoms with van der Waals surface area (Å²) in [6, 6.07) is 15.5. The highest BCUT2D eigenvalue weighted by molar-refractivity contribution is 5.76. The highest BCUT2D eigenvalue weighted by Crippen LogP contribution is 2.21. The van der Waals surface area contributed by atoms with Gasteiger partial charge in [-0.25, -0.2) is 9.78 Å². The van der Waals surface area contributed by atoms with Gasteiger partial charge in [0, 0.05) is 6.04 Å². The fourth-order valence-corrected chi connectivity index (χ4v) is 3.23. The first-order chi connectivity index (χ1) is 13.6. The van der Waals surface area contributed by atoms with Crippen molar-refractivity contribution in [2.24, 2.45) is 0 Å². The third kappa shape index (κ3) is 4.82. The fraction of sp³-hybridized carbons (Fsp3) is 0.364. The number of para-hydroxylation sites is 2. The lowest BCUT2D eigenvalue weighted by Gasteiger charge is -2.20. The number of methoxy groups -OCH3 is 1. The average molecular weight is 380 g/mol. The fourth-order valence-electron chi connectivity index (χ4n) is 3.23. The SMILES string of the molecule is CCC(CC)NC(=O)NC(Cc1ccc(OC)cc1)c1nc2ccccc2[nH]1. The van der Waals surface area contributed by atoms with Crippen LogP contribution in [-0.4, -0.2) is 29.2 Å². The highest BCUT2D eigenvalue weighted by atomic mass is 16.5. The maximum Gasteiger partial charge on any atom is 0.315 e. The van der Waals surface area contributed by atoms with Crippen molar-refractivity contribution in [1.29, 1.82) is 0 Å². The molecule has 3 aromatic rings. The summed E-state index contributed by atoms with van der Waals surface area (Å²) >= 11 is 0. The van der Waals surface area contributed by atoms with Crippen LogP contribution in [0.3, 0.4) is 0 Å². The number of carbonyl (C=O) groups is 1. The van der Waals surface area contributed by atoms with Gasteiger partial charge in [-0.05, 0) is 49.1 Å². The normalized spacial score (nSPS) is 12.1. The molecule has 148 valence electrons. The summed E-state index contributed by atoms with van der Waals surface area (Å²) in [6.07, 6.45) is 2.43. The molecule has 6 nitrogen and oxygen atoms in total. The molecule has 28 heavy (non-hydrogen) atoms. The number of rotatable bonds is 8. The van der Waals surface area contributed by atoms with Crippen LogP contribution in [0.4, 0.5) is 4.79 Å². The lowest BCUT2D eigenvalue weighted by Crippen LogP contribution is -2.43. The quantitative estimate of drug-likeness (QED) is 0.544. The zero-order valence-electron chi connectivity index (χ0n) is 16.7. The molecule has 1 unspecified atom stereocenters. The number of fused-ring (bicyclic) bond motifs is 1. The molecule has 1 heterocycles. The van der Waals surface area contributed by atoms with Crippen molar-refractivity contribution in [2.45, 2.75) is 45.2 Å². The van der Waals surface area contributed by atoms with E-state index in [1.807, 2.05) is 48.5 Å². The number of benzene rings is 2. The Balaban J connectivity index is 1.83. The topological polar surface area (TPSA) is 79.0 Å². The van der Waals surface area contributed by atoms with E-state index in [-0.39, 0.29) is 18.1 Å². The molecule has 0 spiro atoms. The molecule has 0 aliphatic rings. The van der Waals surface area contributed by atoms with Crippen molar-refractivity contribution in [3.63, 3.8) is 0 Å². The number of aromatic nitrogens is 2. The van der Waals surface area contributed by atoms with Crippen molar-refractivity contribution in [2.75, 3.05) is 7.11 Å². The Hall–Kier alpha value is -3.02. The molecule has 2 amide bonds. The van der Waals surface area contributed by atoms with E-state index in [2.05, 4.69) is 29.5 Å². The van der Waals surface area contributed by atoms with Gasteiger partial charge in [0.05, 0.1) is 24.2 Å². The van der Waals surface area contributed by atoms with Crippen LogP contribution in [0.5, 0.6) is 5.75 Å². The van der Waals surface area contributed by atoms with Gasteiger partial charge in [-0.3, -0.25) is 0 Å². The van der Waals surface area contributed by atoms with Gasteiger partial charge in [-0.1, -0.05) is 38.1 Å². The van der Waals surface area contributed by atoms with Gasteiger partial charge in [-0.15, -0.1) is 0 Å². The van der Waals surface area contributed by atoms with Crippen LogP contribution in [0.15, 0.2) is 48.5 Å². The molecule has 2 aromatic carbocycles. The molecule has 0 fully saturated rings. The summed E-state index contributed by atoms with van der Waals surface area (Å²) in [7, 11) is 1.65. The van der Waals surface area contributed by atoms with Gasteiger partial charge in [0.2, 0.25) is 0 Å². The summed E-state index contributed by atoms with van der Waals surface area (Å²) in [6.45, 7) is 4.14. The second kappa shape index (κ2) is 9.26. The molecule has 0 radical (unpaired) electrons. The zero-order chi connectivity index (χ0) is 19.9. The van der Waals surface area contributed by atoms with Crippen molar-refractivity contribution < 1.29 is 9.53 Å². The summed E-state index contributed by atoms with van der Waals surface area (Å²) in [5.41, 5.74) is 2.94. The first kappa shape index (κ1) is 19.7. The summed E-state index contributed by atoms with van der Waals surface area (Å²) in [5, 5.41) is 6.14. The molecular formula is C22H28N4O2. The number of urea groups is 1. The van der Waals surface area contributed by atoms with E-state index >= 15 is 0 Å². The molecule has 3 N–H and O–H groups in total. The number of H-pyrrole nitrogens is 1. The van der Waals surface area contributed by atoms with E-state index in [0.717, 1.165) is 41.0 Å². The first-order valence-electron chi connectivity index (χ1n) is 9.77. The van der Waals surface area contributed by atoms with Crippen LogP contribution in [-0.2, 0) is 6.42 Å². The van der Waals surface area contributed by atoms with E-state index in [9.17, 15) is 4.79 Å². The lowest BCUT2D eigenvalue weighted by molar-refractivity contribution is 0.231. The maximum absolute atomic E-state index is 12.6. The van der Waals surface area contributed by atoms with Gasteiger partial charge in [-0.2, -0.15) is 0 Å². The Labute approximate surface area is 165 Å². The molecule has 1 aromatic heterocycles. The minimum absolute atomic E-state index is 0.164. The first-order valence-corrected chi connectivity index (χ1v) is 9.77. The molecule has 0 aliphatic heterocycles. The van der Waals surface area contributed by atoms with Gasteiger partial charge >= 0.3 is 6.03 Å². The molecule has 0 bridgehead atoms. The Bertz CT molecular complexity index is 867. The van der Waals surface area contributed by atoms with Crippen LogP contribution < -0.4 is 15.4 Å². The standard InChI is InChI=1S/C22H28N4O2/c1-4-16(5-2)23-22(27)26-20(14-15-10-12-17(28-3)13-11-15)21-24-18-8-6-7-9-19(18)25-21/h6-13,16,20H,4-5,14H2,1-3H3,(H,24,25)(H2,23,26,27). The van der Waals surface area contributed by atoms with Gasteiger partial charge in [0.25, 0.3) is 0 Å². The second-order valence-electron chi connectivity index (χ2n) is 6.88. The third-order valence-corrected chi connectivity index (χ3v) is 4.96. The largest absolute Gasteiger partial charge is 0.497 e. The van der Waals surface area contributed by atoms with E-state index in [1.165, 1.54) is 0 Å². The summed E-state index contributed by atoms with van der Waals surface area (Å²) in [5.74, 6) is 1.56. The summed E-state index contributed by atoms with van der Waals surface area (Å²) < 4.78 is 5.23. The van der Waals surface area contributed by atoms with Crippen molar-refractivity contribution in [3.05, 3.63) is 59.9 Å². The molecule has 6 heteroatoms. The monoisotopic (exact) mass is 380 g/mol. The molecular weight excluding hydrogens is 352 g/mol. The van der Waals surface area contributed by atoms with Gasteiger partial charge in [0.1, 0.15) is 11.6 Å². The predicted molar refractivity (Wildman–Crippen MR) is 112 cm³/mol. The Morgan fingerprint density at radius 2 is 1.79 bits per heavy atom. The number of carbonyl (C=O) groups excluding carboxylic acids is 1. The minimum Gasteiger partial charge on any atom is -0.497 e. The Kier molecular flexibility index (Phi) is 6.53. The second-order valence-corrected chi connectivity index (χ2v) is 6.88. The Morgan fingerprint density at radius 1 is 1.07 bits per heavy atom. The zero-order valence-corrected chi connectivity index (χ0v) is 16.7. The van der Waals surface area contributed by atoms with Crippen LogP contribution in [0.1, 0.15) is 44.1 Å². The number of hydrogen-bond acceptors (Lipinski definition) is 3. The van der Waals surface area contributed by atoms with Crippen LogP contribution in [0.2, 0.25) is 0 Å². The summed E-state index contributed by atoms with van der Waals surface area (Å²) in [4.78, 5) is 20.6. The molecule has 0 saturated carbocycles. The molecule has 0 aliphatic carbocycles. The minimum atomic E-state index is -0.268. The molecule has 0 saturated heterocycles. The number of ether oxygens (including phenoxy) is 1. The van der Waals surface area contributed by atoms with E-state index in [4.69, 9.17) is 9.72 Å². The third-order valence-electron chi connectivity index (χ3n) is 4.96. The van der Waals surface area contributed by atoms with Crippen LogP contribution in [0, 0.1) is 0 Å². The molecule has 3 rings (SSSR count). The number of nitrogens with zero attached hydrogens (tertiary/aromatic N) is 1. The van der Waals surface area contributed by atoms with Crippen molar-refractivity contribution in [1.82, 2.24) is 20.6 Å². The van der Waals surface area contributed by atoms with Gasteiger partial charge < -0.3 is 20.4 Å². The number of nitrogens with one attached hydrogen (secondary N) is 3. The molecule has 1 atom stereocenters. The Morgan fingerprint density at radius 3 is 2.43 bits per heavy atom. The number of imidazole rings is 1. The van der Waals surface area contributed by atoms with Crippen molar-refractivity contribution in [3.8, 4) is 5.75 Å².